The molecule has 128 valence electrons. The van der Waals surface area contributed by atoms with Gasteiger partial charge in [-0.25, -0.2) is 4.98 Å². The van der Waals surface area contributed by atoms with Crippen molar-refractivity contribution in [3.8, 4) is 0 Å². The molecule has 1 N–H and O–H groups in total. The van der Waals surface area contributed by atoms with Gasteiger partial charge in [0.1, 0.15) is 5.82 Å². The zero-order valence-corrected chi connectivity index (χ0v) is 15.2. The van der Waals surface area contributed by atoms with Gasteiger partial charge >= 0.3 is 0 Å². The van der Waals surface area contributed by atoms with E-state index in [9.17, 15) is 4.79 Å². The van der Waals surface area contributed by atoms with Crippen molar-refractivity contribution in [2.24, 2.45) is 0 Å². The monoisotopic (exact) mass is 345 g/mol. The summed E-state index contributed by atoms with van der Waals surface area (Å²) in [6.45, 7) is 9.84. The van der Waals surface area contributed by atoms with Crippen molar-refractivity contribution in [2.75, 3.05) is 42.9 Å². The van der Waals surface area contributed by atoms with Gasteiger partial charge in [-0.15, -0.1) is 11.3 Å². The Bertz CT molecular complexity index is 722. The van der Waals surface area contributed by atoms with E-state index < -0.39 is 0 Å². The van der Waals surface area contributed by atoms with Crippen molar-refractivity contribution in [1.29, 1.82) is 0 Å². The maximum atomic E-state index is 12.5. The summed E-state index contributed by atoms with van der Waals surface area (Å²) in [6.07, 6.45) is 0. The third-order valence-corrected chi connectivity index (χ3v) is 5.04. The number of carbonyl (C=O) groups excluding carboxylic acids is 1. The molecule has 1 aliphatic rings. The van der Waals surface area contributed by atoms with E-state index in [1.807, 2.05) is 43.2 Å². The summed E-state index contributed by atoms with van der Waals surface area (Å²) in [6, 6.07) is 3.97. The van der Waals surface area contributed by atoms with Crippen molar-refractivity contribution in [3.05, 3.63) is 33.6 Å². The lowest BCUT2D eigenvalue weighted by atomic mass is 10.2. The molecule has 2 aromatic rings. The highest BCUT2D eigenvalue weighted by molar-refractivity contribution is 7.12. The molecule has 3 heterocycles. The second-order valence-corrected chi connectivity index (χ2v) is 6.90. The molecule has 6 nitrogen and oxygen atoms in total. The minimum Gasteiger partial charge on any atom is -0.354 e. The Morgan fingerprint density at radius 1 is 1.21 bits per heavy atom. The zero-order valence-electron chi connectivity index (χ0n) is 14.4. The van der Waals surface area contributed by atoms with Crippen LogP contribution in [-0.2, 0) is 0 Å². The molecular weight excluding hydrogens is 322 g/mol. The summed E-state index contributed by atoms with van der Waals surface area (Å²) in [4.78, 5) is 26.5. The number of hydrogen-bond acceptors (Lipinski definition) is 6. The standard InChI is InChI=1S/C17H23N5OS/c1-4-18-17-19-13(3)10-15(20-17)21-5-7-22(8-6-21)16(23)14-9-12(2)11-24-14/h9-11H,4-8H2,1-3H3,(H,18,19,20). The molecule has 0 aliphatic carbocycles. The Labute approximate surface area is 146 Å². The molecule has 2 aromatic heterocycles. The lowest BCUT2D eigenvalue weighted by Gasteiger charge is -2.35. The van der Waals surface area contributed by atoms with E-state index in [4.69, 9.17) is 0 Å². The highest BCUT2D eigenvalue weighted by Gasteiger charge is 2.24. The summed E-state index contributed by atoms with van der Waals surface area (Å²) in [7, 11) is 0. The van der Waals surface area contributed by atoms with Gasteiger partial charge in [-0.3, -0.25) is 4.79 Å². The van der Waals surface area contributed by atoms with Gasteiger partial charge in [-0.2, -0.15) is 4.98 Å². The van der Waals surface area contributed by atoms with Crippen LogP contribution in [0.15, 0.2) is 17.5 Å². The van der Waals surface area contributed by atoms with Gasteiger partial charge < -0.3 is 15.1 Å². The normalized spacial score (nSPS) is 14.8. The molecule has 1 saturated heterocycles. The molecule has 1 amide bonds. The SMILES string of the molecule is CCNc1nc(C)cc(N2CCN(C(=O)c3cc(C)cs3)CC2)n1. The summed E-state index contributed by atoms with van der Waals surface area (Å²) in [5.41, 5.74) is 2.10. The first-order chi connectivity index (χ1) is 11.6. The van der Waals surface area contributed by atoms with E-state index in [1.54, 1.807) is 0 Å². The number of anilines is 2. The van der Waals surface area contributed by atoms with Crippen LogP contribution in [0.25, 0.3) is 0 Å². The van der Waals surface area contributed by atoms with Crippen LogP contribution in [0.4, 0.5) is 11.8 Å². The fourth-order valence-electron chi connectivity index (χ4n) is 2.79. The number of hydrogen-bond donors (Lipinski definition) is 1. The lowest BCUT2D eigenvalue weighted by molar-refractivity contribution is 0.0751. The molecule has 0 aromatic carbocycles. The molecule has 24 heavy (non-hydrogen) atoms. The number of nitrogens with zero attached hydrogens (tertiary/aromatic N) is 4. The minimum atomic E-state index is 0.139. The number of nitrogens with one attached hydrogen (secondary N) is 1. The number of aromatic nitrogens is 2. The number of amides is 1. The maximum Gasteiger partial charge on any atom is 0.264 e. The molecule has 3 rings (SSSR count). The Balaban J connectivity index is 1.65. The number of aryl methyl sites for hydroxylation is 2. The molecule has 0 spiro atoms. The number of carbonyl (C=O) groups is 1. The van der Waals surface area contributed by atoms with E-state index in [1.165, 1.54) is 11.3 Å². The van der Waals surface area contributed by atoms with Gasteiger partial charge in [0, 0.05) is 44.5 Å². The van der Waals surface area contributed by atoms with Gasteiger partial charge in [-0.1, -0.05) is 0 Å². The van der Waals surface area contributed by atoms with E-state index in [0.717, 1.165) is 54.7 Å². The van der Waals surface area contributed by atoms with Crippen LogP contribution < -0.4 is 10.2 Å². The van der Waals surface area contributed by atoms with Crippen molar-refractivity contribution >= 4 is 29.0 Å². The molecule has 7 heteroatoms. The highest BCUT2D eigenvalue weighted by atomic mass is 32.1. The van der Waals surface area contributed by atoms with Gasteiger partial charge in [-0.05, 0) is 37.8 Å². The Kier molecular flexibility index (Phi) is 4.99. The average Bonchev–Trinajstić information content (AvgIpc) is 3.00. The van der Waals surface area contributed by atoms with Crippen LogP contribution in [-0.4, -0.2) is 53.5 Å². The van der Waals surface area contributed by atoms with Gasteiger partial charge in [0.05, 0.1) is 4.88 Å². The number of rotatable bonds is 4. The Morgan fingerprint density at radius 2 is 1.96 bits per heavy atom. The smallest absolute Gasteiger partial charge is 0.264 e. The molecule has 1 aliphatic heterocycles. The number of piperazine rings is 1. The molecule has 0 atom stereocenters. The van der Waals surface area contributed by atoms with E-state index in [2.05, 4.69) is 20.2 Å². The van der Waals surface area contributed by atoms with Crippen molar-refractivity contribution < 1.29 is 4.79 Å². The first-order valence-corrected chi connectivity index (χ1v) is 9.13. The van der Waals surface area contributed by atoms with Gasteiger partial charge in [0.15, 0.2) is 0 Å². The van der Waals surface area contributed by atoms with Crippen LogP contribution in [0.2, 0.25) is 0 Å². The summed E-state index contributed by atoms with van der Waals surface area (Å²) >= 11 is 1.52. The molecule has 0 radical (unpaired) electrons. The second kappa shape index (κ2) is 7.17. The first-order valence-electron chi connectivity index (χ1n) is 8.25. The van der Waals surface area contributed by atoms with Crippen molar-refractivity contribution in [2.45, 2.75) is 20.8 Å². The number of thiophene rings is 1. The lowest BCUT2D eigenvalue weighted by Crippen LogP contribution is -2.49. The van der Waals surface area contributed by atoms with E-state index >= 15 is 0 Å². The molecule has 0 saturated carbocycles. The fourth-order valence-corrected chi connectivity index (χ4v) is 3.65. The Hall–Kier alpha value is -2.15. The summed E-state index contributed by atoms with van der Waals surface area (Å²) < 4.78 is 0. The van der Waals surface area contributed by atoms with Crippen LogP contribution in [0, 0.1) is 13.8 Å². The van der Waals surface area contributed by atoms with Crippen LogP contribution in [0.3, 0.4) is 0 Å². The van der Waals surface area contributed by atoms with E-state index in [0.29, 0.717) is 5.95 Å². The quantitative estimate of drug-likeness (QED) is 0.923. The molecule has 0 bridgehead atoms. The molecular formula is C17H23N5OS. The minimum absolute atomic E-state index is 0.139. The topological polar surface area (TPSA) is 61.4 Å². The van der Waals surface area contributed by atoms with E-state index in [-0.39, 0.29) is 5.91 Å². The third-order valence-electron chi connectivity index (χ3n) is 4.01. The summed E-state index contributed by atoms with van der Waals surface area (Å²) in [5.74, 6) is 1.73. The van der Waals surface area contributed by atoms with Crippen LogP contribution >= 0.6 is 11.3 Å². The first kappa shape index (κ1) is 16.7. The predicted molar refractivity (Wildman–Crippen MR) is 98.1 cm³/mol. The van der Waals surface area contributed by atoms with Gasteiger partial charge in [0.25, 0.3) is 5.91 Å². The van der Waals surface area contributed by atoms with Gasteiger partial charge in [0.2, 0.25) is 5.95 Å². The largest absolute Gasteiger partial charge is 0.354 e. The average molecular weight is 345 g/mol. The maximum absolute atomic E-state index is 12.5. The van der Waals surface area contributed by atoms with Crippen LogP contribution in [0.1, 0.15) is 27.9 Å². The summed E-state index contributed by atoms with van der Waals surface area (Å²) in [5, 5.41) is 5.19. The molecule has 1 fully saturated rings. The Morgan fingerprint density at radius 3 is 2.58 bits per heavy atom. The van der Waals surface area contributed by atoms with Crippen molar-refractivity contribution in [1.82, 2.24) is 14.9 Å². The fraction of sp³-hybridized carbons (Fsp3) is 0.471. The van der Waals surface area contributed by atoms with Crippen LogP contribution in [0.5, 0.6) is 0 Å². The second-order valence-electron chi connectivity index (χ2n) is 5.99. The zero-order chi connectivity index (χ0) is 17.1. The molecule has 0 unspecified atom stereocenters. The predicted octanol–water partition coefficient (Wildman–Crippen LogP) is 2.55. The van der Waals surface area contributed by atoms with Crippen molar-refractivity contribution in [3.63, 3.8) is 0 Å². The highest BCUT2D eigenvalue weighted by Crippen LogP contribution is 2.20. The third kappa shape index (κ3) is 3.67.